The molecule has 0 amide bonds. The number of carbonyl (C=O) groups excluding carboxylic acids is 4. The van der Waals surface area contributed by atoms with Crippen LogP contribution in [0.25, 0.3) is 10.8 Å². The summed E-state index contributed by atoms with van der Waals surface area (Å²) in [4.78, 5) is 67.4. The fourth-order valence-corrected chi connectivity index (χ4v) is 9.05. The molecular formula is C53H73NO16. The van der Waals surface area contributed by atoms with Crippen LogP contribution in [0.15, 0.2) is 60.8 Å². The lowest BCUT2D eigenvalue weighted by molar-refractivity contribution is -0.336. The lowest BCUT2D eigenvalue weighted by atomic mass is 9.75. The van der Waals surface area contributed by atoms with Crippen LogP contribution in [0.3, 0.4) is 0 Å². The van der Waals surface area contributed by atoms with Gasteiger partial charge in [0.15, 0.2) is 24.1 Å². The number of rotatable bonds is 25. The van der Waals surface area contributed by atoms with Crippen LogP contribution in [0.4, 0.5) is 5.69 Å². The van der Waals surface area contributed by atoms with Crippen LogP contribution in [0, 0.1) is 43.4 Å². The number of Topliss-reactive ketones (excluding diaryl/α,β-unsaturated/α-hetero) is 1. The number of ketones is 1. The van der Waals surface area contributed by atoms with Gasteiger partial charge in [-0.2, -0.15) is 0 Å². The summed E-state index contributed by atoms with van der Waals surface area (Å²) in [5.41, 5.74) is 8.19. The van der Waals surface area contributed by atoms with E-state index in [-0.39, 0.29) is 71.0 Å². The zero-order valence-corrected chi connectivity index (χ0v) is 43.3. The average Bonchev–Trinajstić information content (AvgIpc) is 3.29. The smallest absolute Gasteiger partial charge is 0.331 e. The molecule has 2 aromatic rings. The van der Waals surface area contributed by atoms with E-state index in [0.29, 0.717) is 22.3 Å². The zero-order valence-electron chi connectivity index (χ0n) is 43.3. The van der Waals surface area contributed by atoms with Gasteiger partial charge >= 0.3 is 23.9 Å². The first-order valence-corrected chi connectivity index (χ1v) is 23.0. The molecule has 0 aromatic heterocycles. The van der Waals surface area contributed by atoms with Crippen molar-refractivity contribution in [3.8, 4) is 23.0 Å². The highest BCUT2D eigenvalue weighted by molar-refractivity contribution is 6.22. The third-order valence-electron chi connectivity index (χ3n) is 12.2. The van der Waals surface area contributed by atoms with Gasteiger partial charge < -0.3 is 58.2 Å². The topological polar surface area (TPSA) is 224 Å². The molecule has 2 aromatic carbocycles. The zero-order chi connectivity index (χ0) is 52.9. The van der Waals surface area contributed by atoms with Crippen molar-refractivity contribution in [3.63, 3.8) is 0 Å². The third kappa shape index (κ3) is 13.6. The number of carboxylic acid groups (broad SMARTS) is 1. The Hall–Kier alpha value is -6.17. The highest BCUT2D eigenvalue weighted by Crippen LogP contribution is 2.53. The Kier molecular flexibility index (Phi) is 21.3. The number of fused-ring (bicyclic) bond motifs is 1. The molecule has 9 atom stereocenters. The van der Waals surface area contributed by atoms with Crippen LogP contribution in [-0.4, -0.2) is 106 Å². The van der Waals surface area contributed by atoms with Crippen molar-refractivity contribution in [1.82, 2.24) is 0 Å². The van der Waals surface area contributed by atoms with Crippen molar-refractivity contribution in [2.24, 2.45) is 29.6 Å². The van der Waals surface area contributed by atoms with Crippen molar-refractivity contribution in [3.05, 3.63) is 77.5 Å². The number of allylic oxidation sites excluding steroid dienone is 3. The number of ether oxygens (including phenoxy) is 10. The quantitative estimate of drug-likeness (QED) is 0.0139. The maximum absolute atomic E-state index is 15.2. The number of benzene rings is 2. The summed E-state index contributed by atoms with van der Waals surface area (Å²) >= 11 is 0. The molecule has 1 heterocycles. The molecule has 17 nitrogen and oxygen atoms in total. The van der Waals surface area contributed by atoms with E-state index in [4.69, 9.17) is 53.1 Å². The summed E-state index contributed by atoms with van der Waals surface area (Å²) in [6, 6.07) is 0. The number of carbonyl (C=O) groups is 5. The number of esters is 3. The SMILES string of the molecule is C=CCOC(=O)[C@@H]([C@H](OC(C)=O)[C@H](C)[C@@H](OC(C)=O)[C@@H](C)/C=C(\C)C(=O)c1c(OCOC)c(C)c(OCC=C)c2c(OC)c(N)c(C)c(OC)c12)[C@@H]1OC(C)(C)O[C@H]([C@H](C)/C=C\C=C(/C)C(=O)O)[C@H]1C. The summed E-state index contributed by atoms with van der Waals surface area (Å²) in [6.07, 6.45) is 5.35. The number of aliphatic carboxylic acids is 1. The first-order valence-electron chi connectivity index (χ1n) is 23.0. The molecule has 3 rings (SSSR count). The number of hydrogen-bond acceptors (Lipinski definition) is 16. The highest BCUT2D eigenvalue weighted by atomic mass is 16.7. The molecule has 386 valence electrons. The minimum atomic E-state index is -1.35. The number of hydrogen-bond donors (Lipinski definition) is 2. The Bertz CT molecular complexity index is 2360. The first kappa shape index (κ1) is 58.1. The van der Waals surface area contributed by atoms with E-state index in [9.17, 15) is 24.3 Å². The van der Waals surface area contributed by atoms with Crippen molar-refractivity contribution in [1.29, 1.82) is 0 Å². The number of anilines is 1. The van der Waals surface area contributed by atoms with E-state index in [1.54, 1.807) is 72.8 Å². The van der Waals surface area contributed by atoms with Gasteiger partial charge in [-0.05, 0) is 47.1 Å². The van der Waals surface area contributed by atoms with E-state index in [1.165, 1.54) is 54.3 Å². The van der Waals surface area contributed by atoms with Crippen molar-refractivity contribution in [2.75, 3.05) is 47.1 Å². The van der Waals surface area contributed by atoms with Crippen LogP contribution in [0.5, 0.6) is 23.0 Å². The number of carboxylic acids is 1. The Morgan fingerprint density at radius 3 is 1.91 bits per heavy atom. The van der Waals surface area contributed by atoms with Gasteiger partial charge in [-0.3, -0.25) is 19.2 Å². The Morgan fingerprint density at radius 1 is 0.786 bits per heavy atom. The van der Waals surface area contributed by atoms with Gasteiger partial charge in [-0.1, -0.05) is 77.3 Å². The maximum atomic E-state index is 15.2. The number of nitrogens with two attached hydrogens (primary N) is 1. The molecular weight excluding hydrogens is 907 g/mol. The first-order chi connectivity index (χ1) is 32.8. The number of nitrogen functional groups attached to an aromatic ring is 1. The molecule has 70 heavy (non-hydrogen) atoms. The van der Waals surface area contributed by atoms with Crippen molar-refractivity contribution >= 4 is 46.1 Å². The minimum absolute atomic E-state index is 0.0783. The fraction of sp³-hybridized carbons (Fsp3) is 0.528. The maximum Gasteiger partial charge on any atom is 0.331 e. The second-order valence-electron chi connectivity index (χ2n) is 18.0. The van der Waals surface area contributed by atoms with E-state index in [0.717, 1.165) is 0 Å². The molecule has 1 saturated heterocycles. The summed E-state index contributed by atoms with van der Waals surface area (Å²) in [5, 5.41) is 10.0. The van der Waals surface area contributed by atoms with Gasteiger partial charge in [0, 0.05) is 66.7 Å². The van der Waals surface area contributed by atoms with Crippen LogP contribution in [0.2, 0.25) is 0 Å². The van der Waals surface area contributed by atoms with E-state index in [1.807, 2.05) is 13.8 Å². The monoisotopic (exact) mass is 979 g/mol. The Labute approximate surface area is 411 Å². The van der Waals surface area contributed by atoms with Gasteiger partial charge in [0.05, 0.1) is 43.1 Å². The van der Waals surface area contributed by atoms with Crippen molar-refractivity contribution in [2.45, 2.75) is 113 Å². The molecule has 17 heteroatoms. The summed E-state index contributed by atoms with van der Waals surface area (Å²) in [7, 11) is 4.34. The molecule has 0 spiro atoms. The Balaban J connectivity index is 2.34. The van der Waals surface area contributed by atoms with Gasteiger partial charge in [0.25, 0.3) is 0 Å². The standard InChI is InChI=1S/C53H73NO16/c1-18-23-64-47-34(10)46(66-26-61-15)38(37-39(47)50(63-17)41(54)31(7)45(37)62-16)42(57)29(5)25-30(6)43(67-35(11)55)32(8)48(68-36(12)56)40(52(60)65-24-19-2)49-33(9)44(69-53(13,14)70-49)27(3)21-20-22-28(4)51(58)59/h18-22,25,27,30,32-33,40,43-44,48-49H,1-2,23-24,26,54H2,3-17H3,(H,58,59)/b21-20-,28-22+,29-25+/t27-,30+,32-,33-,40+,43+,44-,48-,49-/m1/s1. The lowest BCUT2D eigenvalue weighted by Gasteiger charge is -2.50. The van der Waals surface area contributed by atoms with Crippen molar-refractivity contribution < 1.29 is 76.4 Å². The highest BCUT2D eigenvalue weighted by Gasteiger charge is 2.53. The molecule has 1 aliphatic heterocycles. The average molecular weight is 980 g/mol. The van der Waals surface area contributed by atoms with Crippen LogP contribution in [-0.2, 0) is 47.6 Å². The normalized spacial score (nSPS) is 19.7. The predicted molar refractivity (Wildman–Crippen MR) is 264 cm³/mol. The van der Waals surface area contributed by atoms with Gasteiger partial charge in [0.1, 0.15) is 48.6 Å². The van der Waals surface area contributed by atoms with E-state index < -0.39 is 83.5 Å². The van der Waals surface area contributed by atoms with Gasteiger partial charge in [-0.15, -0.1) is 0 Å². The second kappa shape index (κ2) is 25.6. The minimum Gasteiger partial charge on any atom is -0.496 e. The molecule has 3 N–H and O–H groups in total. The fourth-order valence-electron chi connectivity index (χ4n) is 9.05. The summed E-state index contributed by atoms with van der Waals surface area (Å²) < 4.78 is 60.4. The van der Waals surface area contributed by atoms with Crippen LogP contribution >= 0.6 is 0 Å². The largest absolute Gasteiger partial charge is 0.496 e. The number of methoxy groups -OCH3 is 3. The molecule has 0 saturated carbocycles. The molecule has 0 bridgehead atoms. The summed E-state index contributed by atoms with van der Waals surface area (Å²) in [5.74, 6) is -8.15. The second-order valence-corrected chi connectivity index (χ2v) is 18.0. The van der Waals surface area contributed by atoms with Crippen LogP contribution < -0.4 is 24.7 Å². The molecule has 0 aliphatic carbocycles. The van der Waals surface area contributed by atoms with E-state index >= 15 is 4.79 Å². The van der Waals surface area contributed by atoms with Gasteiger partial charge in [-0.25, -0.2) is 4.79 Å². The molecule has 0 unspecified atom stereocenters. The van der Waals surface area contributed by atoms with E-state index in [2.05, 4.69) is 13.2 Å². The predicted octanol–water partition coefficient (Wildman–Crippen LogP) is 8.59. The molecule has 0 radical (unpaired) electrons. The lowest BCUT2D eigenvalue weighted by Crippen LogP contribution is -2.59. The Morgan fingerprint density at radius 2 is 1.37 bits per heavy atom. The van der Waals surface area contributed by atoms with Gasteiger partial charge in [0.2, 0.25) is 0 Å². The van der Waals surface area contributed by atoms with Crippen LogP contribution in [0.1, 0.15) is 90.7 Å². The third-order valence-corrected chi connectivity index (χ3v) is 12.2. The molecule has 1 aliphatic rings. The summed E-state index contributed by atoms with van der Waals surface area (Å²) in [6.45, 7) is 26.6. The molecule has 1 fully saturated rings.